The van der Waals surface area contributed by atoms with Crippen LogP contribution in [-0.4, -0.2) is 31.9 Å². The Kier molecular flexibility index (Phi) is 4.86. The van der Waals surface area contributed by atoms with Gasteiger partial charge in [-0.2, -0.15) is 4.99 Å². The van der Waals surface area contributed by atoms with Crippen LogP contribution in [0.2, 0.25) is 0 Å². The number of hydrogen-bond acceptors (Lipinski definition) is 6. The summed E-state index contributed by atoms with van der Waals surface area (Å²) in [7, 11) is 1.25. The molecule has 8 heteroatoms. The van der Waals surface area contributed by atoms with Gasteiger partial charge in [-0.1, -0.05) is 0 Å². The zero-order chi connectivity index (χ0) is 12.7. The number of ether oxygens (including phenoxy) is 1. The van der Waals surface area contributed by atoms with E-state index in [1.54, 1.807) is 11.4 Å². The number of amides is 2. The maximum atomic E-state index is 11.3. The summed E-state index contributed by atoms with van der Waals surface area (Å²) in [6.07, 6.45) is 1.28. The van der Waals surface area contributed by atoms with Crippen molar-refractivity contribution in [1.29, 1.82) is 0 Å². The Bertz CT molecular complexity index is 465. The molecule has 0 fully saturated rings. The molecule has 0 bridgehead atoms. The molecule has 0 saturated heterocycles. The molecule has 0 aliphatic carbocycles. The summed E-state index contributed by atoms with van der Waals surface area (Å²) in [5, 5.41) is 6.36. The standard InChI is InChI=1S/C9H9N3O4S/c1-16-8(14)7-6(2-3-17-7)12-9(15)11-4-10-5-13/h2-3H,4H2,1H3,(H2,11,12,15). The molecular weight excluding hydrogens is 246 g/mol. The molecule has 2 N–H and O–H groups in total. The highest BCUT2D eigenvalue weighted by Gasteiger charge is 2.14. The van der Waals surface area contributed by atoms with Crippen molar-refractivity contribution in [3.05, 3.63) is 16.3 Å². The molecule has 17 heavy (non-hydrogen) atoms. The smallest absolute Gasteiger partial charge is 0.350 e. The normalized spacial score (nSPS) is 9.00. The molecule has 0 atom stereocenters. The predicted molar refractivity (Wildman–Crippen MR) is 60.8 cm³/mol. The lowest BCUT2D eigenvalue weighted by molar-refractivity contribution is 0.0607. The van der Waals surface area contributed by atoms with E-state index in [1.165, 1.54) is 13.2 Å². The lowest BCUT2D eigenvalue weighted by Gasteiger charge is -2.05. The van der Waals surface area contributed by atoms with Crippen molar-refractivity contribution < 1.29 is 19.1 Å². The van der Waals surface area contributed by atoms with Crippen molar-refractivity contribution in [1.82, 2.24) is 5.32 Å². The van der Waals surface area contributed by atoms with E-state index in [1.807, 2.05) is 0 Å². The van der Waals surface area contributed by atoms with Crippen LogP contribution in [0.15, 0.2) is 16.4 Å². The van der Waals surface area contributed by atoms with Crippen LogP contribution in [0.4, 0.5) is 10.5 Å². The predicted octanol–water partition coefficient (Wildman–Crippen LogP) is 0.950. The molecule has 0 aliphatic rings. The van der Waals surface area contributed by atoms with E-state index in [0.717, 1.165) is 11.3 Å². The third-order valence-electron chi connectivity index (χ3n) is 1.67. The van der Waals surface area contributed by atoms with Crippen LogP contribution in [0.5, 0.6) is 0 Å². The minimum absolute atomic E-state index is 0.174. The molecule has 90 valence electrons. The van der Waals surface area contributed by atoms with Crippen molar-refractivity contribution in [3.8, 4) is 0 Å². The Hall–Kier alpha value is -2.18. The molecule has 0 saturated carbocycles. The van der Waals surface area contributed by atoms with Crippen LogP contribution in [0.3, 0.4) is 0 Å². The topological polar surface area (TPSA) is 96.9 Å². The average molecular weight is 255 g/mol. The molecule has 0 aliphatic heterocycles. The fourth-order valence-electron chi connectivity index (χ4n) is 0.969. The molecular formula is C9H9N3O4S. The molecule has 0 spiro atoms. The van der Waals surface area contributed by atoms with Gasteiger partial charge in [-0.05, 0) is 11.4 Å². The summed E-state index contributed by atoms with van der Waals surface area (Å²) in [6.45, 7) is -0.174. The number of methoxy groups -OCH3 is 1. The van der Waals surface area contributed by atoms with E-state index >= 15 is 0 Å². The number of anilines is 1. The average Bonchev–Trinajstić information content (AvgIpc) is 2.76. The summed E-state index contributed by atoms with van der Waals surface area (Å²) in [6, 6.07) is 0.993. The summed E-state index contributed by atoms with van der Waals surface area (Å²) >= 11 is 1.15. The van der Waals surface area contributed by atoms with Gasteiger partial charge in [0.15, 0.2) is 0 Å². The lowest BCUT2D eigenvalue weighted by atomic mass is 10.4. The molecule has 0 aromatic carbocycles. The molecule has 1 aromatic rings. The first kappa shape index (κ1) is 12.9. The fourth-order valence-corrected chi connectivity index (χ4v) is 1.73. The Morgan fingerprint density at radius 2 is 2.35 bits per heavy atom. The number of hydrogen-bond donors (Lipinski definition) is 2. The number of carbonyl (C=O) groups is 2. The first-order valence-electron chi connectivity index (χ1n) is 4.43. The van der Waals surface area contributed by atoms with Gasteiger partial charge in [-0.25, -0.2) is 14.4 Å². The minimum atomic E-state index is -0.576. The van der Waals surface area contributed by atoms with Crippen LogP contribution in [0, 0.1) is 0 Å². The first-order chi connectivity index (χ1) is 8.19. The van der Waals surface area contributed by atoms with Crippen molar-refractivity contribution >= 4 is 35.1 Å². The molecule has 2 amide bonds. The number of esters is 1. The van der Waals surface area contributed by atoms with Gasteiger partial charge < -0.3 is 15.4 Å². The monoisotopic (exact) mass is 255 g/mol. The Morgan fingerprint density at radius 3 is 3.00 bits per heavy atom. The van der Waals surface area contributed by atoms with Crippen LogP contribution >= 0.6 is 11.3 Å². The Morgan fingerprint density at radius 1 is 1.59 bits per heavy atom. The van der Waals surface area contributed by atoms with Crippen LogP contribution in [-0.2, 0) is 9.53 Å². The van der Waals surface area contributed by atoms with Crippen molar-refractivity contribution in [2.45, 2.75) is 0 Å². The quantitative estimate of drug-likeness (QED) is 0.475. The Labute approximate surface area is 100 Å². The lowest BCUT2D eigenvalue weighted by Crippen LogP contribution is -2.29. The second kappa shape index (κ2) is 6.41. The number of nitrogens with one attached hydrogen (secondary N) is 2. The summed E-state index contributed by atoms with van der Waals surface area (Å²) in [5.74, 6) is -0.527. The fraction of sp³-hybridized carbons (Fsp3) is 0.222. The van der Waals surface area contributed by atoms with Gasteiger partial charge in [0.2, 0.25) is 6.08 Å². The Balaban J connectivity index is 2.62. The number of isocyanates is 1. The molecule has 0 unspecified atom stereocenters. The molecule has 1 aromatic heterocycles. The summed E-state index contributed by atoms with van der Waals surface area (Å²) in [5.41, 5.74) is 0.342. The van der Waals surface area contributed by atoms with Gasteiger partial charge in [0, 0.05) is 0 Å². The van der Waals surface area contributed by atoms with E-state index < -0.39 is 12.0 Å². The summed E-state index contributed by atoms with van der Waals surface area (Å²) in [4.78, 5) is 35.8. The van der Waals surface area contributed by atoms with Crippen molar-refractivity contribution in [3.63, 3.8) is 0 Å². The van der Waals surface area contributed by atoms with Gasteiger partial charge in [0.1, 0.15) is 11.5 Å². The third-order valence-corrected chi connectivity index (χ3v) is 2.56. The van der Waals surface area contributed by atoms with Crippen molar-refractivity contribution in [2.24, 2.45) is 4.99 Å². The zero-order valence-electron chi connectivity index (χ0n) is 8.85. The largest absolute Gasteiger partial charge is 0.465 e. The number of urea groups is 1. The van der Waals surface area contributed by atoms with Gasteiger partial charge in [0.25, 0.3) is 0 Å². The zero-order valence-corrected chi connectivity index (χ0v) is 9.67. The number of nitrogens with zero attached hydrogens (tertiary/aromatic N) is 1. The number of thiophene rings is 1. The highest BCUT2D eigenvalue weighted by Crippen LogP contribution is 2.22. The van der Waals surface area contributed by atoms with E-state index in [-0.39, 0.29) is 6.67 Å². The van der Waals surface area contributed by atoms with Gasteiger partial charge >= 0.3 is 12.0 Å². The van der Waals surface area contributed by atoms with E-state index in [2.05, 4.69) is 20.4 Å². The van der Waals surface area contributed by atoms with E-state index in [4.69, 9.17) is 0 Å². The van der Waals surface area contributed by atoms with Gasteiger partial charge in [-0.3, -0.25) is 0 Å². The van der Waals surface area contributed by atoms with Crippen LogP contribution in [0.25, 0.3) is 0 Å². The molecule has 7 nitrogen and oxygen atoms in total. The van der Waals surface area contributed by atoms with Gasteiger partial charge in [0.05, 0.1) is 12.8 Å². The highest BCUT2D eigenvalue weighted by molar-refractivity contribution is 7.12. The van der Waals surface area contributed by atoms with Crippen LogP contribution in [0.1, 0.15) is 9.67 Å². The molecule has 1 rings (SSSR count). The second-order valence-electron chi connectivity index (χ2n) is 2.69. The first-order valence-corrected chi connectivity index (χ1v) is 5.31. The van der Waals surface area contributed by atoms with E-state index in [0.29, 0.717) is 10.6 Å². The highest BCUT2D eigenvalue weighted by atomic mass is 32.1. The van der Waals surface area contributed by atoms with E-state index in [9.17, 15) is 14.4 Å². The minimum Gasteiger partial charge on any atom is -0.465 e. The maximum Gasteiger partial charge on any atom is 0.350 e. The maximum absolute atomic E-state index is 11.3. The molecule has 1 heterocycles. The number of aliphatic imine (C=N–C) groups is 1. The van der Waals surface area contributed by atoms with Gasteiger partial charge in [-0.15, -0.1) is 11.3 Å². The van der Waals surface area contributed by atoms with Crippen molar-refractivity contribution in [2.75, 3.05) is 19.1 Å². The van der Waals surface area contributed by atoms with Crippen LogP contribution < -0.4 is 10.6 Å². The summed E-state index contributed by atoms with van der Waals surface area (Å²) < 4.78 is 4.55. The SMILES string of the molecule is COC(=O)c1sccc1NC(=O)NCN=C=O. The molecule has 0 radical (unpaired) electrons. The number of carbonyl (C=O) groups excluding carboxylic acids is 3. The number of rotatable bonds is 4. The third kappa shape index (κ3) is 3.71. The second-order valence-corrected chi connectivity index (χ2v) is 3.61.